The zero-order valence-corrected chi connectivity index (χ0v) is 19.3. The van der Waals surface area contributed by atoms with Crippen molar-refractivity contribution in [3.63, 3.8) is 0 Å². The molecule has 4 aliphatic rings. The van der Waals surface area contributed by atoms with Crippen LogP contribution in [0.15, 0.2) is 0 Å². The first kappa shape index (κ1) is 23.1. The predicted molar refractivity (Wildman–Crippen MR) is 118 cm³/mol. The minimum atomic E-state index is -1.28. The summed E-state index contributed by atoms with van der Waals surface area (Å²) >= 11 is 2.65. The van der Waals surface area contributed by atoms with Crippen LogP contribution in [0.1, 0.15) is 45.4 Å². The molecule has 0 spiro atoms. The number of alkyl carbamates (subject to hydrolysis) is 1. The number of alkyl halides is 1. The van der Waals surface area contributed by atoms with Gasteiger partial charge in [0.25, 0.3) is 0 Å². The number of carbonyl (C=O) groups is 3. The summed E-state index contributed by atoms with van der Waals surface area (Å²) in [5.74, 6) is -1.64. The lowest BCUT2D eigenvalue weighted by Gasteiger charge is -2.40. The Balaban J connectivity index is 1.53. The van der Waals surface area contributed by atoms with Gasteiger partial charge in [-0.3, -0.25) is 20.2 Å². The summed E-state index contributed by atoms with van der Waals surface area (Å²) in [7, 11) is 0. The molecule has 8 nitrogen and oxygen atoms in total. The second kappa shape index (κ2) is 9.84. The maximum Gasteiger partial charge on any atom is 0.413 e. The van der Waals surface area contributed by atoms with Crippen LogP contribution in [-0.2, 0) is 14.3 Å². The molecule has 0 aromatic heterocycles. The molecule has 6 unspecified atom stereocenters. The number of fused-ring (bicyclic) bond motifs is 1. The molecular weight excluding hydrogens is 443 g/mol. The summed E-state index contributed by atoms with van der Waals surface area (Å²) in [4.78, 5) is 37.1. The number of halogens is 1. The molecule has 0 aromatic rings. The molecule has 0 bridgehead atoms. The Morgan fingerprint density at radius 2 is 1.97 bits per heavy atom. The summed E-state index contributed by atoms with van der Waals surface area (Å²) < 4.78 is 19.6. The molecule has 3 saturated heterocycles. The van der Waals surface area contributed by atoms with Gasteiger partial charge < -0.3 is 15.4 Å². The van der Waals surface area contributed by atoms with Gasteiger partial charge in [0.2, 0.25) is 11.8 Å². The maximum absolute atomic E-state index is 14.7. The van der Waals surface area contributed by atoms with E-state index in [-0.39, 0.29) is 30.9 Å². The van der Waals surface area contributed by atoms with Gasteiger partial charge in [0.05, 0.1) is 12.5 Å². The van der Waals surface area contributed by atoms with Crippen LogP contribution in [0.5, 0.6) is 0 Å². The number of hydrogen-bond acceptors (Lipinski definition) is 8. The molecule has 4 N–H and O–H groups in total. The van der Waals surface area contributed by atoms with Gasteiger partial charge in [-0.1, -0.05) is 24.6 Å². The van der Waals surface area contributed by atoms with E-state index in [0.717, 1.165) is 57.0 Å². The first-order valence-corrected chi connectivity index (χ1v) is 13.0. The van der Waals surface area contributed by atoms with E-state index in [9.17, 15) is 18.8 Å². The highest BCUT2D eigenvalue weighted by atomic mass is 32.2. The van der Waals surface area contributed by atoms with Crippen molar-refractivity contribution in [2.75, 3.05) is 19.7 Å². The van der Waals surface area contributed by atoms with E-state index in [2.05, 4.69) is 21.3 Å². The normalized spacial score (nSPS) is 37.9. The predicted octanol–water partition coefficient (Wildman–Crippen LogP) is 1.70. The number of imide groups is 1. The fourth-order valence-corrected chi connectivity index (χ4v) is 8.35. The van der Waals surface area contributed by atoms with Crippen molar-refractivity contribution in [3.8, 4) is 0 Å². The zero-order valence-electron chi connectivity index (χ0n) is 17.7. The molecule has 6 atom stereocenters. The highest BCUT2D eigenvalue weighted by Crippen LogP contribution is 2.55. The Hall–Kier alpha value is -1.04. The second-order valence-electron chi connectivity index (χ2n) is 8.61. The average molecular weight is 475 g/mol. The first-order chi connectivity index (χ1) is 14.9. The van der Waals surface area contributed by atoms with Crippen LogP contribution < -0.4 is 21.3 Å². The number of carbonyl (C=O) groups excluding carboxylic acids is 3. The van der Waals surface area contributed by atoms with Gasteiger partial charge in [0.15, 0.2) is 0 Å². The molecule has 31 heavy (non-hydrogen) atoms. The SMILES string of the molecule is CCOC(=O)NC(=O)C1CC(F)SC1(NC(=O)C1NC2CNCCC2S1)C1CCCC1. The Morgan fingerprint density at radius 1 is 1.19 bits per heavy atom. The van der Waals surface area contributed by atoms with E-state index >= 15 is 0 Å². The highest BCUT2D eigenvalue weighted by molar-refractivity contribution is 8.02. The fourth-order valence-electron chi connectivity index (χ4n) is 5.28. The van der Waals surface area contributed by atoms with Crippen molar-refractivity contribution in [2.24, 2.45) is 11.8 Å². The van der Waals surface area contributed by atoms with Crippen molar-refractivity contribution in [2.45, 2.75) is 72.5 Å². The molecule has 0 aromatic carbocycles. The van der Waals surface area contributed by atoms with Gasteiger partial charge in [-0.05, 0) is 38.6 Å². The molecule has 4 rings (SSSR count). The Morgan fingerprint density at radius 3 is 2.68 bits per heavy atom. The molecule has 4 fully saturated rings. The first-order valence-electron chi connectivity index (χ1n) is 11.2. The lowest BCUT2D eigenvalue weighted by Crippen LogP contribution is -2.60. The smallest absolute Gasteiger partial charge is 0.413 e. The van der Waals surface area contributed by atoms with E-state index in [1.54, 1.807) is 18.7 Å². The van der Waals surface area contributed by atoms with Gasteiger partial charge in [0, 0.05) is 24.3 Å². The topological polar surface area (TPSA) is 109 Å². The molecule has 1 aliphatic carbocycles. The summed E-state index contributed by atoms with van der Waals surface area (Å²) in [6.45, 7) is 3.54. The van der Waals surface area contributed by atoms with E-state index in [1.807, 2.05) is 0 Å². The van der Waals surface area contributed by atoms with Crippen molar-refractivity contribution in [1.82, 2.24) is 21.3 Å². The summed E-state index contributed by atoms with van der Waals surface area (Å²) in [6, 6.07) is 0.227. The molecular formula is C20H31FN4O4S2. The Bertz CT molecular complexity index is 697. The molecule has 0 radical (unpaired) electrons. The quantitative estimate of drug-likeness (QED) is 0.477. The third-order valence-electron chi connectivity index (χ3n) is 6.69. The van der Waals surface area contributed by atoms with Gasteiger partial charge in [0.1, 0.15) is 15.7 Å². The van der Waals surface area contributed by atoms with Crippen LogP contribution in [0.2, 0.25) is 0 Å². The number of piperidine rings is 1. The lowest BCUT2D eigenvalue weighted by atomic mass is 9.83. The van der Waals surface area contributed by atoms with Gasteiger partial charge >= 0.3 is 6.09 Å². The van der Waals surface area contributed by atoms with Crippen LogP contribution in [0.3, 0.4) is 0 Å². The molecule has 3 heterocycles. The van der Waals surface area contributed by atoms with Crippen molar-refractivity contribution in [3.05, 3.63) is 0 Å². The lowest BCUT2D eigenvalue weighted by molar-refractivity contribution is -0.128. The largest absolute Gasteiger partial charge is 0.450 e. The minimum Gasteiger partial charge on any atom is -0.450 e. The van der Waals surface area contributed by atoms with Gasteiger partial charge in [-0.25, -0.2) is 9.18 Å². The van der Waals surface area contributed by atoms with Crippen LogP contribution in [-0.4, -0.2) is 64.6 Å². The highest BCUT2D eigenvalue weighted by Gasteiger charge is 2.58. The van der Waals surface area contributed by atoms with E-state index < -0.39 is 33.7 Å². The van der Waals surface area contributed by atoms with Gasteiger partial charge in [-0.2, -0.15) is 0 Å². The van der Waals surface area contributed by atoms with Crippen LogP contribution >= 0.6 is 23.5 Å². The second-order valence-corrected chi connectivity index (χ2v) is 11.4. The van der Waals surface area contributed by atoms with E-state index in [0.29, 0.717) is 5.25 Å². The van der Waals surface area contributed by atoms with Gasteiger partial charge in [-0.15, -0.1) is 11.8 Å². The third-order valence-corrected chi connectivity index (χ3v) is 9.79. The Kier molecular flexibility index (Phi) is 7.34. The summed E-state index contributed by atoms with van der Waals surface area (Å²) in [5.41, 5.74) is -1.28. The standard InChI is InChI=1S/C20H31FN4O4S2/c1-2-29-19(28)24-16(26)12-9-15(21)31-20(12,11-5-3-4-6-11)25-17(27)18-23-13-10-22-8-7-14(13)30-18/h11-15,18,22-23H,2-10H2,1H3,(H,25,27)(H,24,26,28). The molecule has 3 aliphatic heterocycles. The van der Waals surface area contributed by atoms with Crippen molar-refractivity contribution in [1.29, 1.82) is 0 Å². The molecule has 3 amide bonds. The number of hydrogen-bond donors (Lipinski definition) is 4. The van der Waals surface area contributed by atoms with E-state index in [1.165, 1.54) is 0 Å². The Labute approximate surface area is 190 Å². The maximum atomic E-state index is 14.7. The van der Waals surface area contributed by atoms with Crippen LogP contribution in [0.4, 0.5) is 9.18 Å². The van der Waals surface area contributed by atoms with Crippen LogP contribution in [0.25, 0.3) is 0 Å². The van der Waals surface area contributed by atoms with Crippen molar-refractivity contribution < 1.29 is 23.5 Å². The molecule has 11 heteroatoms. The number of nitrogens with one attached hydrogen (secondary N) is 4. The summed E-state index contributed by atoms with van der Waals surface area (Å²) in [6.07, 6.45) is 3.73. The zero-order chi connectivity index (χ0) is 22.0. The number of rotatable bonds is 5. The van der Waals surface area contributed by atoms with E-state index in [4.69, 9.17) is 4.74 Å². The fraction of sp³-hybridized carbons (Fsp3) is 0.850. The number of amides is 3. The molecule has 174 valence electrons. The summed E-state index contributed by atoms with van der Waals surface area (Å²) in [5, 5.41) is 12.0. The van der Waals surface area contributed by atoms with Crippen LogP contribution in [0, 0.1) is 11.8 Å². The minimum absolute atomic E-state index is 0.0181. The molecule has 1 saturated carbocycles. The monoisotopic (exact) mass is 474 g/mol. The number of ether oxygens (including phenoxy) is 1. The van der Waals surface area contributed by atoms with Crippen molar-refractivity contribution >= 4 is 41.4 Å². The third kappa shape index (κ3) is 4.84. The number of thioether (sulfide) groups is 2. The average Bonchev–Trinajstić information content (AvgIpc) is 3.46.